The van der Waals surface area contributed by atoms with E-state index >= 15 is 4.39 Å². The number of rotatable bonds is 5. The minimum atomic E-state index is -1.07. The highest BCUT2D eigenvalue weighted by atomic mass is 19.1. The molecular formula is C26H28FN7O2. The van der Waals surface area contributed by atoms with Crippen LogP contribution in [0.4, 0.5) is 16.0 Å². The largest absolute Gasteiger partial charge is 0.384 e. The van der Waals surface area contributed by atoms with E-state index in [-0.39, 0.29) is 28.3 Å². The number of nitrogens with one attached hydrogen (secondary N) is 2. The third-order valence-electron chi connectivity index (χ3n) is 7.18. The molecule has 4 heterocycles. The molecule has 1 aliphatic carbocycles. The molecule has 0 bridgehead atoms. The summed E-state index contributed by atoms with van der Waals surface area (Å²) in [5.41, 5.74) is 2.79. The number of aromatic nitrogens is 5. The molecule has 1 aliphatic heterocycles. The van der Waals surface area contributed by atoms with E-state index in [9.17, 15) is 9.90 Å². The van der Waals surface area contributed by atoms with Crippen molar-refractivity contribution < 1.29 is 9.50 Å². The maximum Gasteiger partial charge on any atom is 0.278 e. The number of hydrogen-bond acceptors (Lipinski definition) is 7. The zero-order valence-corrected chi connectivity index (χ0v) is 20.3. The number of pyridine rings is 1. The van der Waals surface area contributed by atoms with Crippen molar-refractivity contribution >= 4 is 22.7 Å². The summed E-state index contributed by atoms with van der Waals surface area (Å²) in [4.78, 5) is 26.5. The first-order valence-corrected chi connectivity index (χ1v) is 12.3. The van der Waals surface area contributed by atoms with E-state index < -0.39 is 11.4 Å². The first kappa shape index (κ1) is 22.8. The van der Waals surface area contributed by atoms with Gasteiger partial charge in [-0.2, -0.15) is 4.98 Å². The van der Waals surface area contributed by atoms with Crippen LogP contribution in [0, 0.1) is 5.82 Å². The molecule has 1 fully saturated rings. The number of halogens is 1. The number of hydrogen-bond donors (Lipinski definition) is 3. The van der Waals surface area contributed by atoms with Crippen LogP contribution in [0.1, 0.15) is 56.0 Å². The van der Waals surface area contributed by atoms with Crippen molar-refractivity contribution in [1.29, 1.82) is 0 Å². The third-order valence-corrected chi connectivity index (χ3v) is 7.18. The smallest absolute Gasteiger partial charge is 0.278 e. The van der Waals surface area contributed by atoms with Gasteiger partial charge in [0.2, 0.25) is 5.95 Å². The first-order valence-electron chi connectivity index (χ1n) is 12.3. The van der Waals surface area contributed by atoms with Crippen LogP contribution >= 0.6 is 0 Å². The highest BCUT2D eigenvalue weighted by molar-refractivity contribution is 5.77. The Hall–Kier alpha value is -3.63. The molecule has 1 aromatic carbocycles. The lowest BCUT2D eigenvalue weighted by atomic mass is 9.77. The van der Waals surface area contributed by atoms with E-state index in [0.717, 1.165) is 37.8 Å². The van der Waals surface area contributed by atoms with Gasteiger partial charge in [0.1, 0.15) is 16.7 Å². The molecule has 0 atom stereocenters. The summed E-state index contributed by atoms with van der Waals surface area (Å²) >= 11 is 0. The van der Waals surface area contributed by atoms with Crippen molar-refractivity contribution in [3.8, 4) is 5.69 Å². The minimum Gasteiger partial charge on any atom is -0.384 e. The molecule has 0 unspecified atom stereocenters. The van der Waals surface area contributed by atoms with Gasteiger partial charge < -0.3 is 15.7 Å². The van der Waals surface area contributed by atoms with Crippen molar-refractivity contribution in [1.82, 2.24) is 29.6 Å². The van der Waals surface area contributed by atoms with E-state index in [1.54, 1.807) is 0 Å². The minimum absolute atomic E-state index is 0.118. The van der Waals surface area contributed by atoms with Crippen LogP contribution in [-0.2, 0) is 18.6 Å². The molecular weight excluding hydrogens is 461 g/mol. The van der Waals surface area contributed by atoms with E-state index in [1.165, 1.54) is 32.8 Å². The summed E-state index contributed by atoms with van der Waals surface area (Å²) in [7, 11) is 0. The predicted octanol–water partition coefficient (Wildman–Crippen LogP) is 3.46. The predicted molar refractivity (Wildman–Crippen MR) is 134 cm³/mol. The Balaban J connectivity index is 1.48. The molecule has 0 radical (unpaired) electrons. The van der Waals surface area contributed by atoms with Crippen LogP contribution in [0.2, 0.25) is 0 Å². The second-order valence-electron chi connectivity index (χ2n) is 9.93. The average molecular weight is 490 g/mol. The van der Waals surface area contributed by atoms with Crippen LogP contribution in [0.15, 0.2) is 41.5 Å². The molecule has 4 aromatic rings. The van der Waals surface area contributed by atoms with E-state index in [4.69, 9.17) is 0 Å². The van der Waals surface area contributed by atoms with Crippen molar-refractivity contribution in [3.05, 3.63) is 69.7 Å². The Morgan fingerprint density at radius 1 is 1.17 bits per heavy atom. The highest BCUT2D eigenvalue weighted by Gasteiger charge is 2.38. The molecule has 0 amide bonds. The van der Waals surface area contributed by atoms with Crippen molar-refractivity contribution in [2.45, 2.75) is 57.7 Å². The van der Waals surface area contributed by atoms with Gasteiger partial charge in [0, 0.05) is 24.5 Å². The molecule has 0 spiro atoms. The molecule has 10 heteroatoms. The fourth-order valence-corrected chi connectivity index (χ4v) is 5.05. The lowest BCUT2D eigenvalue weighted by molar-refractivity contribution is -0.0427. The second-order valence-corrected chi connectivity index (χ2v) is 9.93. The first-order chi connectivity index (χ1) is 17.3. The van der Waals surface area contributed by atoms with Gasteiger partial charge in [-0.1, -0.05) is 6.07 Å². The van der Waals surface area contributed by atoms with Crippen LogP contribution in [-0.4, -0.2) is 36.0 Å². The van der Waals surface area contributed by atoms with Gasteiger partial charge in [-0.05, 0) is 75.4 Å². The summed E-state index contributed by atoms with van der Waals surface area (Å²) in [6.07, 6.45) is 5.55. The van der Waals surface area contributed by atoms with Gasteiger partial charge in [-0.3, -0.25) is 9.78 Å². The lowest BCUT2D eigenvalue weighted by Crippen LogP contribution is -2.35. The van der Waals surface area contributed by atoms with E-state index in [2.05, 4.69) is 37.7 Å². The van der Waals surface area contributed by atoms with Crippen molar-refractivity contribution in [2.24, 2.45) is 0 Å². The van der Waals surface area contributed by atoms with Crippen LogP contribution in [0.25, 0.3) is 16.7 Å². The summed E-state index contributed by atoms with van der Waals surface area (Å²) in [6, 6.07) is 7.38. The molecule has 2 aliphatic rings. The molecule has 186 valence electrons. The fourth-order valence-electron chi connectivity index (χ4n) is 5.05. The van der Waals surface area contributed by atoms with Crippen molar-refractivity contribution in [3.63, 3.8) is 0 Å². The SMILES string of the molecule is CC(C)n1c(=O)c2cnc(Nc3ccc4c(c3)CCNC4)nc2n1-c1cc(C2(O)CCC2)ncc1F. The quantitative estimate of drug-likeness (QED) is 0.394. The zero-order chi connectivity index (χ0) is 25.0. The summed E-state index contributed by atoms with van der Waals surface area (Å²) in [5, 5.41) is 17.7. The summed E-state index contributed by atoms with van der Waals surface area (Å²) in [5.74, 6) is -0.303. The Bertz CT molecular complexity index is 1540. The highest BCUT2D eigenvalue weighted by Crippen LogP contribution is 2.40. The van der Waals surface area contributed by atoms with Gasteiger partial charge in [0.25, 0.3) is 5.56 Å². The maximum absolute atomic E-state index is 15.2. The molecule has 3 N–H and O–H groups in total. The van der Waals surface area contributed by atoms with Crippen LogP contribution in [0.5, 0.6) is 0 Å². The number of nitrogens with zero attached hydrogens (tertiary/aromatic N) is 5. The van der Waals surface area contributed by atoms with Gasteiger partial charge in [0.15, 0.2) is 11.5 Å². The van der Waals surface area contributed by atoms with Crippen LogP contribution < -0.4 is 16.2 Å². The average Bonchev–Trinajstić information content (AvgIpc) is 3.14. The Kier molecular flexibility index (Phi) is 5.38. The van der Waals surface area contributed by atoms with Crippen LogP contribution in [0.3, 0.4) is 0 Å². The van der Waals surface area contributed by atoms with Gasteiger partial charge in [-0.15, -0.1) is 0 Å². The monoisotopic (exact) mass is 489 g/mol. The third kappa shape index (κ3) is 3.68. The molecule has 1 saturated carbocycles. The summed E-state index contributed by atoms with van der Waals surface area (Å²) < 4.78 is 18.2. The molecule has 0 saturated heterocycles. The number of benzene rings is 1. The molecule has 3 aromatic heterocycles. The van der Waals surface area contributed by atoms with Gasteiger partial charge >= 0.3 is 0 Å². The Morgan fingerprint density at radius 2 is 2.00 bits per heavy atom. The Morgan fingerprint density at radius 3 is 2.75 bits per heavy atom. The van der Waals surface area contributed by atoms with Crippen molar-refractivity contribution in [2.75, 3.05) is 11.9 Å². The maximum atomic E-state index is 15.2. The molecule has 36 heavy (non-hydrogen) atoms. The Labute approximate surface area is 207 Å². The van der Waals surface area contributed by atoms with Gasteiger partial charge in [-0.25, -0.2) is 18.7 Å². The number of fused-ring (bicyclic) bond motifs is 2. The van der Waals surface area contributed by atoms with E-state index in [1.807, 2.05) is 19.9 Å². The lowest BCUT2D eigenvalue weighted by Gasteiger charge is -2.36. The number of aliphatic hydroxyl groups is 1. The van der Waals surface area contributed by atoms with Gasteiger partial charge in [0.05, 0.1) is 11.9 Å². The topological polar surface area (TPSA) is 110 Å². The summed E-state index contributed by atoms with van der Waals surface area (Å²) in [6.45, 7) is 5.49. The second kappa shape index (κ2) is 8.49. The zero-order valence-electron chi connectivity index (χ0n) is 20.3. The molecule has 6 rings (SSSR count). The fraction of sp³-hybridized carbons (Fsp3) is 0.385. The molecule has 9 nitrogen and oxygen atoms in total. The van der Waals surface area contributed by atoms with E-state index in [0.29, 0.717) is 24.5 Å². The number of anilines is 2. The standard InChI is InChI=1S/C26H28FN7O2/c1-15(2)33-24(35)19-13-30-25(31-18-5-4-17-12-28-9-6-16(17)10-18)32-23(19)34(33)21-11-22(29-14-20(21)27)26(36)7-3-8-26/h4-5,10-11,13-15,28,36H,3,6-9,12H2,1-2H3,(H,30,31,32). The normalized spacial score (nSPS) is 16.7.